The summed E-state index contributed by atoms with van der Waals surface area (Å²) in [5, 5.41) is 7.37. The van der Waals surface area contributed by atoms with E-state index >= 15 is 0 Å². The van der Waals surface area contributed by atoms with E-state index in [1.54, 1.807) is 22.8 Å². The van der Waals surface area contributed by atoms with Crippen LogP contribution in [0.5, 0.6) is 0 Å². The lowest BCUT2D eigenvalue weighted by atomic mass is 10.3. The highest BCUT2D eigenvalue weighted by molar-refractivity contribution is 14.0. The summed E-state index contributed by atoms with van der Waals surface area (Å²) < 4.78 is 1.71. The molecule has 1 N–H and O–H groups in total. The third kappa shape index (κ3) is 4.32. The first-order chi connectivity index (χ1) is 9.65. The number of hydrogen-bond acceptors (Lipinski definition) is 3. The number of carbonyl (C=O) groups excluding carboxylic acids is 1. The van der Waals surface area contributed by atoms with Crippen molar-refractivity contribution in [3.63, 3.8) is 0 Å². The van der Waals surface area contributed by atoms with Crippen LogP contribution in [0.1, 0.15) is 13.3 Å². The van der Waals surface area contributed by atoms with E-state index in [1.165, 1.54) is 0 Å². The summed E-state index contributed by atoms with van der Waals surface area (Å²) in [6, 6.07) is 0. The van der Waals surface area contributed by atoms with E-state index in [2.05, 4.69) is 22.3 Å². The van der Waals surface area contributed by atoms with Gasteiger partial charge in [-0.2, -0.15) is 5.10 Å². The van der Waals surface area contributed by atoms with Gasteiger partial charge in [-0.1, -0.05) is 6.92 Å². The Balaban J connectivity index is 0.00000220. The number of nitrogens with zero attached hydrogens (tertiary/aromatic N) is 5. The molecule has 118 valence electrons. The second kappa shape index (κ2) is 8.20. The van der Waals surface area contributed by atoms with Crippen molar-refractivity contribution in [1.29, 1.82) is 0 Å². The number of halogens is 1. The lowest BCUT2D eigenvalue weighted by Crippen LogP contribution is -2.55. The highest BCUT2D eigenvalue weighted by Crippen LogP contribution is 2.15. The quantitative estimate of drug-likeness (QED) is 0.456. The van der Waals surface area contributed by atoms with Crippen LogP contribution in [0.4, 0.5) is 5.69 Å². The molecular formula is C13H23IN6O. The van der Waals surface area contributed by atoms with Crippen LogP contribution in [0.3, 0.4) is 0 Å². The number of hydrogen-bond donors (Lipinski definition) is 1. The summed E-state index contributed by atoms with van der Waals surface area (Å²) in [5.74, 6) is 0.870. The summed E-state index contributed by atoms with van der Waals surface area (Å²) >= 11 is 0. The molecule has 1 aromatic heterocycles. The minimum absolute atomic E-state index is 0. The van der Waals surface area contributed by atoms with E-state index in [1.807, 2.05) is 18.1 Å². The van der Waals surface area contributed by atoms with Crippen molar-refractivity contribution in [1.82, 2.24) is 20.0 Å². The molecule has 0 unspecified atom stereocenters. The van der Waals surface area contributed by atoms with E-state index in [-0.39, 0.29) is 29.9 Å². The first kappa shape index (κ1) is 17.7. The molecule has 0 atom stereocenters. The number of amides is 1. The fourth-order valence-corrected chi connectivity index (χ4v) is 2.24. The average molecular weight is 406 g/mol. The molecule has 1 saturated heterocycles. The Labute approximate surface area is 142 Å². The summed E-state index contributed by atoms with van der Waals surface area (Å²) in [6.45, 7) is 4.73. The molecule has 1 fully saturated rings. The number of anilines is 1. The minimum atomic E-state index is 0. The van der Waals surface area contributed by atoms with Gasteiger partial charge < -0.3 is 15.1 Å². The molecule has 7 nitrogen and oxygen atoms in total. The van der Waals surface area contributed by atoms with Gasteiger partial charge in [0.1, 0.15) is 6.54 Å². The zero-order chi connectivity index (χ0) is 14.5. The zero-order valence-corrected chi connectivity index (χ0v) is 15.1. The van der Waals surface area contributed by atoms with Crippen molar-refractivity contribution in [3.8, 4) is 0 Å². The molecule has 2 heterocycles. The maximum atomic E-state index is 12.3. The van der Waals surface area contributed by atoms with Crippen LogP contribution in [0.25, 0.3) is 0 Å². The van der Waals surface area contributed by atoms with Crippen LogP contribution < -0.4 is 10.2 Å². The third-order valence-electron chi connectivity index (χ3n) is 3.27. The fraction of sp³-hybridized carbons (Fsp3) is 0.615. The van der Waals surface area contributed by atoms with E-state index in [0.717, 1.165) is 31.2 Å². The van der Waals surface area contributed by atoms with Gasteiger partial charge in [-0.25, -0.2) is 0 Å². The van der Waals surface area contributed by atoms with Crippen LogP contribution >= 0.6 is 24.0 Å². The topological polar surface area (TPSA) is 65.8 Å². The monoisotopic (exact) mass is 406 g/mol. The number of guanidine groups is 1. The van der Waals surface area contributed by atoms with Gasteiger partial charge in [0.05, 0.1) is 11.9 Å². The first-order valence-corrected chi connectivity index (χ1v) is 6.90. The maximum Gasteiger partial charge on any atom is 0.246 e. The van der Waals surface area contributed by atoms with Gasteiger partial charge in [-0.3, -0.25) is 14.5 Å². The average Bonchev–Trinajstić information content (AvgIpc) is 2.86. The van der Waals surface area contributed by atoms with Crippen LogP contribution in [0.15, 0.2) is 17.4 Å². The van der Waals surface area contributed by atoms with Crippen molar-refractivity contribution >= 4 is 41.5 Å². The summed E-state index contributed by atoms with van der Waals surface area (Å²) in [6.07, 6.45) is 4.61. The normalized spacial score (nSPS) is 16.0. The molecule has 2 rings (SSSR count). The van der Waals surface area contributed by atoms with Crippen molar-refractivity contribution < 1.29 is 4.79 Å². The SMILES string of the molecule is CCCNC(=NC)N1CCN(c2cnn(C)c2)C(=O)C1.I. The van der Waals surface area contributed by atoms with Crippen LogP contribution in [0, 0.1) is 0 Å². The minimum Gasteiger partial charge on any atom is -0.356 e. The number of piperazine rings is 1. The molecular weight excluding hydrogens is 383 g/mol. The summed E-state index contributed by atoms with van der Waals surface area (Å²) in [7, 11) is 3.59. The molecule has 0 saturated carbocycles. The van der Waals surface area contributed by atoms with Gasteiger partial charge in [0.25, 0.3) is 0 Å². The summed E-state index contributed by atoms with van der Waals surface area (Å²) in [5.41, 5.74) is 0.855. The Kier molecular flexibility index (Phi) is 6.93. The Morgan fingerprint density at radius 2 is 2.24 bits per heavy atom. The Hall–Kier alpha value is -1.32. The molecule has 0 bridgehead atoms. The van der Waals surface area contributed by atoms with E-state index in [0.29, 0.717) is 13.1 Å². The number of aromatic nitrogens is 2. The van der Waals surface area contributed by atoms with Crippen LogP contribution in [-0.4, -0.2) is 59.8 Å². The van der Waals surface area contributed by atoms with Gasteiger partial charge >= 0.3 is 0 Å². The molecule has 1 aromatic rings. The Bertz CT molecular complexity index is 501. The van der Waals surface area contributed by atoms with E-state index in [4.69, 9.17) is 0 Å². The third-order valence-corrected chi connectivity index (χ3v) is 3.27. The Morgan fingerprint density at radius 3 is 2.76 bits per heavy atom. The van der Waals surface area contributed by atoms with Crippen LogP contribution in [-0.2, 0) is 11.8 Å². The van der Waals surface area contributed by atoms with Gasteiger partial charge in [0.2, 0.25) is 5.91 Å². The van der Waals surface area contributed by atoms with Gasteiger partial charge in [-0.05, 0) is 6.42 Å². The number of carbonyl (C=O) groups is 1. The standard InChI is InChI=1S/C13H22N6O.HI/c1-4-5-15-13(14-2)18-6-7-19(12(20)10-18)11-8-16-17(3)9-11;/h8-9H,4-7,10H2,1-3H3,(H,14,15);1H. The van der Waals surface area contributed by atoms with Gasteiger partial charge in [0, 0.05) is 39.9 Å². The number of aliphatic imine (C=N–C) groups is 1. The molecule has 0 aliphatic carbocycles. The molecule has 0 aromatic carbocycles. The van der Waals surface area contributed by atoms with Crippen molar-refractivity contribution in [3.05, 3.63) is 12.4 Å². The van der Waals surface area contributed by atoms with Crippen molar-refractivity contribution in [2.75, 3.05) is 38.1 Å². The second-order valence-corrected chi connectivity index (χ2v) is 4.81. The lowest BCUT2D eigenvalue weighted by Gasteiger charge is -2.35. The van der Waals surface area contributed by atoms with Crippen molar-refractivity contribution in [2.24, 2.45) is 12.0 Å². The maximum absolute atomic E-state index is 12.3. The van der Waals surface area contributed by atoms with Gasteiger partial charge in [-0.15, -0.1) is 24.0 Å². The molecule has 8 heteroatoms. The molecule has 1 aliphatic heterocycles. The van der Waals surface area contributed by atoms with Gasteiger partial charge in [0.15, 0.2) is 5.96 Å². The molecule has 0 spiro atoms. The number of aryl methyl sites for hydroxylation is 1. The van der Waals surface area contributed by atoms with E-state index in [9.17, 15) is 4.79 Å². The summed E-state index contributed by atoms with van der Waals surface area (Å²) in [4.78, 5) is 20.3. The second-order valence-electron chi connectivity index (χ2n) is 4.81. The lowest BCUT2D eigenvalue weighted by molar-refractivity contribution is -0.120. The largest absolute Gasteiger partial charge is 0.356 e. The molecule has 21 heavy (non-hydrogen) atoms. The number of nitrogens with one attached hydrogen (secondary N) is 1. The molecule has 1 amide bonds. The Morgan fingerprint density at radius 1 is 1.48 bits per heavy atom. The highest BCUT2D eigenvalue weighted by atomic mass is 127. The predicted molar refractivity (Wildman–Crippen MR) is 94.2 cm³/mol. The fourth-order valence-electron chi connectivity index (χ4n) is 2.24. The number of rotatable bonds is 3. The van der Waals surface area contributed by atoms with E-state index < -0.39 is 0 Å². The smallest absolute Gasteiger partial charge is 0.246 e. The highest BCUT2D eigenvalue weighted by Gasteiger charge is 2.27. The van der Waals surface area contributed by atoms with Crippen LogP contribution in [0.2, 0.25) is 0 Å². The first-order valence-electron chi connectivity index (χ1n) is 6.90. The molecule has 0 radical (unpaired) electrons. The van der Waals surface area contributed by atoms with Crippen molar-refractivity contribution in [2.45, 2.75) is 13.3 Å². The zero-order valence-electron chi connectivity index (χ0n) is 12.7. The predicted octanol–water partition coefficient (Wildman–Crippen LogP) is 0.672. The molecule has 1 aliphatic rings.